The molecule has 1 rings (SSSR count). The molecule has 144 valence electrons. The third-order valence-electron chi connectivity index (χ3n) is 3.50. The van der Waals surface area contributed by atoms with E-state index in [0.29, 0.717) is 18.7 Å². The van der Waals surface area contributed by atoms with Crippen molar-refractivity contribution in [2.24, 2.45) is 5.73 Å². The average Bonchev–Trinajstić information content (AvgIpc) is 2.63. The molecule has 0 aromatic heterocycles. The van der Waals surface area contributed by atoms with Gasteiger partial charge in [-0.15, -0.1) is 0 Å². The van der Waals surface area contributed by atoms with E-state index in [1.54, 1.807) is 19.2 Å². The maximum atomic E-state index is 12.1. The monoisotopic (exact) mass is 383 g/mol. The molecule has 26 heavy (non-hydrogen) atoms. The summed E-state index contributed by atoms with van der Waals surface area (Å²) in [6.07, 6.45) is 1.25. The Morgan fingerprint density at radius 3 is 2.42 bits per heavy atom. The van der Waals surface area contributed by atoms with Crippen LogP contribution in [-0.2, 0) is 20.9 Å². The molecule has 1 aromatic rings. The topological polar surface area (TPSA) is 120 Å². The Labute approximate surface area is 157 Å². The van der Waals surface area contributed by atoms with Gasteiger partial charge in [-0.05, 0) is 43.0 Å². The molecule has 0 fully saturated rings. The molecule has 0 saturated carbocycles. The fourth-order valence-corrected chi connectivity index (χ4v) is 2.51. The van der Waals surface area contributed by atoms with E-state index in [1.165, 1.54) is 18.7 Å². The third kappa shape index (κ3) is 7.64. The van der Waals surface area contributed by atoms with Gasteiger partial charge in [0.25, 0.3) is 5.91 Å². The highest BCUT2D eigenvalue weighted by atomic mass is 32.2. The van der Waals surface area contributed by atoms with Gasteiger partial charge in [-0.2, -0.15) is 11.8 Å². The van der Waals surface area contributed by atoms with Crippen molar-refractivity contribution in [2.45, 2.75) is 32.0 Å². The summed E-state index contributed by atoms with van der Waals surface area (Å²) in [6.45, 7) is 1.76. The van der Waals surface area contributed by atoms with Crippen LogP contribution >= 0.6 is 11.8 Å². The molecule has 0 saturated heterocycles. The largest absolute Gasteiger partial charge is 0.497 e. The van der Waals surface area contributed by atoms with Gasteiger partial charge in [0.1, 0.15) is 11.8 Å². The molecule has 8 nitrogen and oxygen atoms in total. The Balaban J connectivity index is 2.52. The number of hydrogen-bond acceptors (Lipinski definition) is 6. The zero-order valence-electron chi connectivity index (χ0n) is 15.1. The Morgan fingerprint density at radius 2 is 1.88 bits per heavy atom. The lowest BCUT2D eigenvalue weighted by molar-refractivity contribution is -0.156. The Hall–Kier alpha value is -2.42. The standard InChI is InChI=1S/C17H25N3O5S/c1-11(25-16(22)14(8-9-26-3)20-17(18)23)15(21)19-10-12-4-6-13(24-2)7-5-12/h4-7,11,14H,8-10H2,1-3H3,(H,19,21)(H3,18,20,23)/t11-,14+/m0/s1. The number of primary amides is 1. The van der Waals surface area contributed by atoms with Gasteiger partial charge in [0.2, 0.25) is 0 Å². The Morgan fingerprint density at radius 1 is 1.23 bits per heavy atom. The molecule has 1 aromatic carbocycles. The summed E-state index contributed by atoms with van der Waals surface area (Å²) in [4.78, 5) is 35.3. The van der Waals surface area contributed by atoms with Gasteiger partial charge < -0.3 is 25.8 Å². The smallest absolute Gasteiger partial charge is 0.329 e. The number of urea groups is 1. The van der Waals surface area contributed by atoms with Crippen LogP contribution < -0.4 is 21.1 Å². The van der Waals surface area contributed by atoms with Crippen LogP contribution in [-0.4, -0.2) is 49.2 Å². The van der Waals surface area contributed by atoms with Crippen molar-refractivity contribution in [3.63, 3.8) is 0 Å². The molecule has 4 N–H and O–H groups in total. The van der Waals surface area contributed by atoms with Crippen molar-refractivity contribution in [1.82, 2.24) is 10.6 Å². The molecule has 0 unspecified atom stereocenters. The number of methoxy groups -OCH3 is 1. The summed E-state index contributed by atoms with van der Waals surface area (Å²) in [7, 11) is 1.58. The van der Waals surface area contributed by atoms with Gasteiger partial charge in [-0.1, -0.05) is 12.1 Å². The van der Waals surface area contributed by atoms with Crippen molar-refractivity contribution >= 4 is 29.7 Å². The van der Waals surface area contributed by atoms with Gasteiger partial charge in [-0.3, -0.25) is 4.79 Å². The number of amides is 3. The number of benzene rings is 1. The molecule has 0 radical (unpaired) electrons. The van der Waals surface area contributed by atoms with Crippen LogP contribution in [0.15, 0.2) is 24.3 Å². The molecule has 0 bridgehead atoms. The highest BCUT2D eigenvalue weighted by molar-refractivity contribution is 7.98. The first-order chi connectivity index (χ1) is 12.4. The van der Waals surface area contributed by atoms with Crippen molar-refractivity contribution in [1.29, 1.82) is 0 Å². The minimum Gasteiger partial charge on any atom is -0.497 e. The number of nitrogens with two attached hydrogens (primary N) is 1. The minimum atomic E-state index is -0.993. The number of carbonyl (C=O) groups is 3. The number of hydrogen-bond donors (Lipinski definition) is 3. The lowest BCUT2D eigenvalue weighted by Gasteiger charge is -2.19. The highest BCUT2D eigenvalue weighted by Gasteiger charge is 2.25. The second-order valence-electron chi connectivity index (χ2n) is 5.49. The number of thioether (sulfide) groups is 1. The predicted molar refractivity (Wildman–Crippen MR) is 99.9 cm³/mol. The quantitative estimate of drug-likeness (QED) is 0.519. The van der Waals surface area contributed by atoms with Gasteiger partial charge >= 0.3 is 12.0 Å². The van der Waals surface area contributed by atoms with Crippen LogP contribution in [0.5, 0.6) is 5.75 Å². The van der Waals surface area contributed by atoms with Crippen molar-refractivity contribution in [3.8, 4) is 5.75 Å². The maximum Gasteiger partial charge on any atom is 0.329 e. The van der Waals surface area contributed by atoms with E-state index in [-0.39, 0.29) is 0 Å². The summed E-state index contributed by atoms with van der Waals surface area (Å²) < 4.78 is 10.2. The molecule has 3 amide bonds. The average molecular weight is 383 g/mol. The predicted octanol–water partition coefficient (Wildman–Crippen LogP) is 1.03. The van der Waals surface area contributed by atoms with Crippen LogP contribution in [0.4, 0.5) is 4.79 Å². The van der Waals surface area contributed by atoms with E-state index in [9.17, 15) is 14.4 Å². The summed E-state index contributed by atoms with van der Waals surface area (Å²) >= 11 is 1.52. The van der Waals surface area contributed by atoms with E-state index in [1.807, 2.05) is 18.4 Å². The molecule has 0 aliphatic rings. The lowest BCUT2D eigenvalue weighted by atomic mass is 10.2. The van der Waals surface area contributed by atoms with E-state index < -0.39 is 30.1 Å². The molecular weight excluding hydrogens is 358 g/mol. The second kappa shape index (κ2) is 11.2. The fourth-order valence-electron chi connectivity index (χ4n) is 2.04. The fraction of sp³-hybridized carbons (Fsp3) is 0.471. The number of nitrogens with one attached hydrogen (secondary N) is 2. The first-order valence-corrected chi connectivity index (χ1v) is 9.42. The van der Waals surface area contributed by atoms with E-state index in [4.69, 9.17) is 15.2 Å². The molecule has 0 heterocycles. The zero-order chi connectivity index (χ0) is 19.5. The van der Waals surface area contributed by atoms with Crippen LogP contribution in [0.2, 0.25) is 0 Å². The van der Waals surface area contributed by atoms with Crippen LogP contribution in [0.25, 0.3) is 0 Å². The minimum absolute atomic E-state index is 0.292. The van der Waals surface area contributed by atoms with Gasteiger partial charge in [-0.25, -0.2) is 9.59 Å². The molecule has 0 aliphatic carbocycles. The summed E-state index contributed by atoms with van der Waals surface area (Å²) in [6, 6.07) is 5.53. The summed E-state index contributed by atoms with van der Waals surface area (Å²) in [5.74, 6) is 0.236. The van der Waals surface area contributed by atoms with Gasteiger partial charge in [0.05, 0.1) is 7.11 Å². The highest BCUT2D eigenvalue weighted by Crippen LogP contribution is 2.11. The second-order valence-corrected chi connectivity index (χ2v) is 6.47. The number of esters is 1. The van der Waals surface area contributed by atoms with Crippen molar-refractivity contribution in [2.75, 3.05) is 19.1 Å². The first kappa shape index (κ1) is 21.6. The maximum absolute atomic E-state index is 12.1. The molecule has 0 spiro atoms. The zero-order valence-corrected chi connectivity index (χ0v) is 15.9. The van der Waals surface area contributed by atoms with Crippen LogP contribution in [0, 0.1) is 0 Å². The first-order valence-electron chi connectivity index (χ1n) is 8.03. The van der Waals surface area contributed by atoms with Gasteiger partial charge in [0.15, 0.2) is 6.10 Å². The molecule has 2 atom stereocenters. The Kier molecular flexibility index (Phi) is 9.35. The number of ether oxygens (including phenoxy) is 2. The number of rotatable bonds is 10. The van der Waals surface area contributed by atoms with E-state index >= 15 is 0 Å². The SMILES string of the molecule is COc1ccc(CNC(=O)[C@H](C)OC(=O)[C@@H](CCSC)NC(N)=O)cc1. The van der Waals surface area contributed by atoms with Crippen LogP contribution in [0.1, 0.15) is 18.9 Å². The molecule has 0 aliphatic heterocycles. The summed E-state index contributed by atoms with van der Waals surface area (Å²) in [5, 5.41) is 5.03. The lowest BCUT2D eigenvalue weighted by Crippen LogP contribution is -2.47. The number of carbonyl (C=O) groups excluding carboxylic acids is 3. The Bertz CT molecular complexity index is 609. The van der Waals surface area contributed by atoms with Crippen molar-refractivity contribution < 1.29 is 23.9 Å². The normalized spacial score (nSPS) is 12.6. The summed E-state index contributed by atoms with van der Waals surface area (Å²) in [5.41, 5.74) is 5.95. The van der Waals surface area contributed by atoms with Crippen molar-refractivity contribution in [3.05, 3.63) is 29.8 Å². The van der Waals surface area contributed by atoms with E-state index in [2.05, 4.69) is 10.6 Å². The molecule has 9 heteroatoms. The van der Waals surface area contributed by atoms with Gasteiger partial charge in [0, 0.05) is 6.54 Å². The van der Waals surface area contributed by atoms with E-state index in [0.717, 1.165) is 11.3 Å². The third-order valence-corrected chi connectivity index (χ3v) is 4.14. The molecular formula is C17H25N3O5S. The van der Waals surface area contributed by atoms with Crippen LogP contribution in [0.3, 0.4) is 0 Å².